The quantitative estimate of drug-likeness (QED) is 0.680. The van der Waals surface area contributed by atoms with Crippen LogP contribution in [0.3, 0.4) is 0 Å². The number of H-pyrrole nitrogens is 1. The van der Waals surface area contributed by atoms with Crippen LogP contribution < -0.4 is 0 Å². The first-order valence-electron chi connectivity index (χ1n) is 3.38. The summed E-state index contributed by atoms with van der Waals surface area (Å²) in [5, 5.41) is 11.1. The van der Waals surface area contributed by atoms with Gasteiger partial charge in [0.25, 0.3) is 0 Å². The smallest absolute Gasteiger partial charge is 0.141 e. The minimum atomic E-state index is -0.505. The van der Waals surface area contributed by atoms with E-state index in [1.54, 1.807) is 18.3 Å². The first-order chi connectivity index (χ1) is 5.27. The second kappa shape index (κ2) is 2.32. The minimum Gasteiger partial charge on any atom is -0.385 e. The molecule has 1 atom stereocenters. The molecule has 0 saturated heterocycles. The normalized spacial score (nSPS) is 14.0. The van der Waals surface area contributed by atoms with Crippen molar-refractivity contribution in [2.75, 3.05) is 0 Å². The molecule has 0 fully saturated rings. The van der Waals surface area contributed by atoms with Crippen molar-refractivity contribution >= 4 is 21.7 Å². The van der Waals surface area contributed by atoms with Crippen LogP contribution in [-0.2, 0) is 0 Å². The summed E-state index contributed by atoms with van der Waals surface area (Å²) in [5.74, 6) is 0.645. The number of thiophene rings is 1. The molecule has 0 aromatic carbocycles. The van der Waals surface area contributed by atoms with Gasteiger partial charge in [-0.2, -0.15) is 0 Å². The van der Waals surface area contributed by atoms with Crippen molar-refractivity contribution in [2.45, 2.75) is 13.0 Å². The van der Waals surface area contributed by atoms with Gasteiger partial charge >= 0.3 is 0 Å². The lowest BCUT2D eigenvalue weighted by Crippen LogP contribution is -1.92. The molecule has 0 amide bonds. The third-order valence-electron chi connectivity index (χ3n) is 1.53. The molecule has 0 aliphatic carbocycles. The molecule has 2 N–H and O–H groups in total. The molecular formula is C7H8N2OS. The first-order valence-corrected chi connectivity index (χ1v) is 4.26. The van der Waals surface area contributed by atoms with Gasteiger partial charge < -0.3 is 10.1 Å². The van der Waals surface area contributed by atoms with E-state index in [9.17, 15) is 0 Å². The number of fused-ring (bicyclic) bond motifs is 1. The average molecular weight is 168 g/mol. The first kappa shape index (κ1) is 6.82. The predicted molar refractivity (Wildman–Crippen MR) is 44.6 cm³/mol. The highest BCUT2D eigenvalue weighted by Gasteiger charge is 2.06. The lowest BCUT2D eigenvalue weighted by Gasteiger charge is -1.95. The standard InChI is InChI=1S/C7H8N2OS/c1-4(10)6-8-5-2-3-11-7(5)9-6/h2-4,10H,1H3,(H,8,9)/t4-/m0/s1. The van der Waals surface area contributed by atoms with E-state index in [1.165, 1.54) is 0 Å². The largest absolute Gasteiger partial charge is 0.385 e. The lowest BCUT2D eigenvalue weighted by molar-refractivity contribution is 0.190. The van der Waals surface area contributed by atoms with Crippen LogP contribution in [0.25, 0.3) is 10.3 Å². The molecule has 0 bridgehead atoms. The van der Waals surface area contributed by atoms with Crippen molar-refractivity contribution in [3.05, 3.63) is 17.3 Å². The maximum atomic E-state index is 9.15. The zero-order valence-corrected chi connectivity index (χ0v) is 6.85. The summed E-state index contributed by atoms with van der Waals surface area (Å²) in [6.07, 6.45) is -0.505. The Morgan fingerprint density at radius 3 is 3.18 bits per heavy atom. The van der Waals surface area contributed by atoms with Crippen LogP contribution in [0.5, 0.6) is 0 Å². The monoisotopic (exact) mass is 168 g/mol. The molecule has 0 saturated carbocycles. The van der Waals surface area contributed by atoms with Crippen LogP contribution >= 0.6 is 11.3 Å². The fourth-order valence-corrected chi connectivity index (χ4v) is 1.69. The highest BCUT2D eigenvalue weighted by atomic mass is 32.1. The van der Waals surface area contributed by atoms with Crippen molar-refractivity contribution < 1.29 is 5.11 Å². The molecule has 4 heteroatoms. The number of hydrogen-bond donors (Lipinski definition) is 2. The highest BCUT2D eigenvalue weighted by molar-refractivity contribution is 7.16. The molecular weight excluding hydrogens is 160 g/mol. The van der Waals surface area contributed by atoms with Crippen molar-refractivity contribution in [1.82, 2.24) is 9.97 Å². The van der Waals surface area contributed by atoms with E-state index in [0.29, 0.717) is 5.82 Å². The molecule has 0 spiro atoms. The van der Waals surface area contributed by atoms with Gasteiger partial charge in [0.05, 0.1) is 5.52 Å². The fraction of sp³-hybridized carbons (Fsp3) is 0.286. The van der Waals surface area contributed by atoms with E-state index in [1.807, 2.05) is 11.4 Å². The molecule has 0 aliphatic rings. The van der Waals surface area contributed by atoms with Gasteiger partial charge in [-0.3, -0.25) is 0 Å². The van der Waals surface area contributed by atoms with E-state index >= 15 is 0 Å². The van der Waals surface area contributed by atoms with E-state index in [-0.39, 0.29) is 0 Å². The lowest BCUT2D eigenvalue weighted by atomic mass is 10.4. The zero-order chi connectivity index (χ0) is 7.84. The van der Waals surface area contributed by atoms with Crippen molar-refractivity contribution in [3.8, 4) is 0 Å². The number of hydrogen-bond acceptors (Lipinski definition) is 3. The Kier molecular flexibility index (Phi) is 1.44. The van der Waals surface area contributed by atoms with Crippen LogP contribution in [0.4, 0.5) is 0 Å². The van der Waals surface area contributed by atoms with E-state index in [2.05, 4.69) is 9.97 Å². The SMILES string of the molecule is C[C@H](O)c1nc2sccc2[nH]1. The second-order valence-electron chi connectivity index (χ2n) is 2.44. The van der Waals surface area contributed by atoms with Gasteiger partial charge in [-0.1, -0.05) is 0 Å². The van der Waals surface area contributed by atoms with E-state index in [0.717, 1.165) is 10.3 Å². The number of aliphatic hydroxyl groups is 1. The van der Waals surface area contributed by atoms with Crippen LogP contribution in [0, 0.1) is 0 Å². The van der Waals surface area contributed by atoms with Gasteiger partial charge in [0, 0.05) is 0 Å². The molecule has 2 heterocycles. The summed E-state index contributed by atoms with van der Waals surface area (Å²) < 4.78 is 0. The number of nitrogens with one attached hydrogen (secondary N) is 1. The van der Waals surface area contributed by atoms with Crippen LogP contribution in [0.2, 0.25) is 0 Å². The number of aromatic nitrogens is 2. The Balaban J connectivity index is 2.58. The van der Waals surface area contributed by atoms with E-state index < -0.39 is 6.10 Å². The fourth-order valence-electron chi connectivity index (χ4n) is 0.956. The second-order valence-corrected chi connectivity index (χ2v) is 3.33. The molecule has 0 aliphatic heterocycles. The van der Waals surface area contributed by atoms with Crippen molar-refractivity contribution in [2.24, 2.45) is 0 Å². The molecule has 11 heavy (non-hydrogen) atoms. The molecule has 58 valence electrons. The van der Waals surface area contributed by atoms with Crippen LogP contribution in [0.15, 0.2) is 11.4 Å². The summed E-state index contributed by atoms with van der Waals surface area (Å²) in [6, 6.07) is 1.96. The number of aliphatic hydroxyl groups excluding tert-OH is 1. The Morgan fingerprint density at radius 2 is 2.55 bits per heavy atom. The molecule has 2 aromatic rings. The highest BCUT2D eigenvalue weighted by Crippen LogP contribution is 2.20. The molecule has 0 radical (unpaired) electrons. The topological polar surface area (TPSA) is 48.9 Å². The Hall–Kier alpha value is -0.870. The Bertz CT molecular complexity index is 335. The summed E-state index contributed by atoms with van der Waals surface area (Å²) in [5.41, 5.74) is 1.01. The van der Waals surface area contributed by atoms with Gasteiger partial charge in [0.2, 0.25) is 0 Å². The summed E-state index contributed by atoms with van der Waals surface area (Å²) in [7, 11) is 0. The molecule has 2 aromatic heterocycles. The maximum Gasteiger partial charge on any atom is 0.141 e. The number of rotatable bonds is 1. The van der Waals surface area contributed by atoms with E-state index in [4.69, 9.17) is 5.11 Å². The summed E-state index contributed by atoms with van der Waals surface area (Å²) >= 11 is 1.57. The van der Waals surface area contributed by atoms with Crippen molar-refractivity contribution in [3.63, 3.8) is 0 Å². The molecule has 0 unspecified atom stereocenters. The molecule has 3 nitrogen and oxygen atoms in total. The Morgan fingerprint density at radius 1 is 1.73 bits per heavy atom. The predicted octanol–water partition coefficient (Wildman–Crippen LogP) is 1.68. The van der Waals surface area contributed by atoms with Crippen LogP contribution in [0.1, 0.15) is 18.9 Å². The summed E-state index contributed by atoms with van der Waals surface area (Å²) in [4.78, 5) is 8.17. The van der Waals surface area contributed by atoms with Gasteiger partial charge in [0.1, 0.15) is 16.8 Å². The van der Waals surface area contributed by atoms with Gasteiger partial charge in [-0.15, -0.1) is 11.3 Å². The zero-order valence-electron chi connectivity index (χ0n) is 6.03. The number of aromatic amines is 1. The average Bonchev–Trinajstić information content (AvgIpc) is 2.40. The minimum absolute atomic E-state index is 0.505. The molecule has 2 rings (SSSR count). The van der Waals surface area contributed by atoms with Gasteiger partial charge in [-0.25, -0.2) is 4.98 Å². The maximum absolute atomic E-state index is 9.15. The number of imidazole rings is 1. The van der Waals surface area contributed by atoms with Gasteiger partial charge in [-0.05, 0) is 18.4 Å². The Labute approximate surface area is 67.7 Å². The third-order valence-corrected chi connectivity index (χ3v) is 2.33. The van der Waals surface area contributed by atoms with Crippen LogP contribution in [-0.4, -0.2) is 15.1 Å². The third kappa shape index (κ3) is 1.04. The van der Waals surface area contributed by atoms with Gasteiger partial charge in [0.15, 0.2) is 0 Å². The summed E-state index contributed by atoms with van der Waals surface area (Å²) in [6.45, 7) is 1.70. The van der Waals surface area contributed by atoms with Crippen molar-refractivity contribution in [1.29, 1.82) is 0 Å². The number of nitrogens with zero attached hydrogens (tertiary/aromatic N) is 1.